The highest BCUT2D eigenvalue weighted by Gasteiger charge is 2.35. The summed E-state index contributed by atoms with van der Waals surface area (Å²) >= 11 is 0. The van der Waals surface area contributed by atoms with Crippen molar-refractivity contribution in [2.24, 2.45) is 0 Å². The Labute approximate surface area is 151 Å². The standard InChI is InChI=1S/C18H13F3N2O4/c19-18(20,21)11-7-10(8-12(9-11)22-17(26)27)5-6-23-15(24)13-3-1-2-4-14(13)16(23)25/h1-4,7-9,22H,5-6H2,(H,26,27). The van der Waals surface area contributed by atoms with Crippen molar-refractivity contribution in [2.45, 2.75) is 12.6 Å². The van der Waals surface area contributed by atoms with E-state index in [1.165, 1.54) is 18.2 Å². The van der Waals surface area contributed by atoms with Gasteiger partial charge in [0.15, 0.2) is 0 Å². The summed E-state index contributed by atoms with van der Waals surface area (Å²) in [7, 11) is 0. The lowest BCUT2D eigenvalue weighted by atomic mass is 10.1. The average Bonchev–Trinajstić information content (AvgIpc) is 2.83. The van der Waals surface area contributed by atoms with Gasteiger partial charge in [-0.15, -0.1) is 0 Å². The third-order valence-electron chi connectivity index (χ3n) is 4.07. The third kappa shape index (κ3) is 3.76. The van der Waals surface area contributed by atoms with E-state index in [-0.39, 0.29) is 35.3 Å². The smallest absolute Gasteiger partial charge is 0.416 e. The Bertz CT molecular complexity index is 905. The Balaban J connectivity index is 1.83. The molecule has 0 spiro atoms. The maximum absolute atomic E-state index is 13.0. The van der Waals surface area contributed by atoms with Crippen LogP contribution in [0.3, 0.4) is 0 Å². The Hall–Kier alpha value is -3.36. The zero-order valence-electron chi connectivity index (χ0n) is 13.7. The van der Waals surface area contributed by atoms with Crippen LogP contribution < -0.4 is 5.32 Å². The van der Waals surface area contributed by atoms with Crippen molar-refractivity contribution in [3.05, 3.63) is 64.7 Å². The van der Waals surface area contributed by atoms with E-state index >= 15 is 0 Å². The molecule has 0 fully saturated rings. The number of nitrogens with one attached hydrogen (secondary N) is 1. The highest BCUT2D eigenvalue weighted by Crippen LogP contribution is 2.32. The van der Waals surface area contributed by atoms with Gasteiger partial charge in [-0.3, -0.25) is 19.8 Å². The van der Waals surface area contributed by atoms with Crippen LogP contribution in [0.5, 0.6) is 0 Å². The number of amides is 3. The molecule has 1 heterocycles. The molecular formula is C18H13F3N2O4. The molecule has 0 aromatic heterocycles. The fourth-order valence-corrected chi connectivity index (χ4v) is 2.88. The summed E-state index contributed by atoms with van der Waals surface area (Å²) < 4.78 is 39.1. The van der Waals surface area contributed by atoms with Gasteiger partial charge in [0.2, 0.25) is 0 Å². The second kappa shape index (κ2) is 6.75. The van der Waals surface area contributed by atoms with Crippen LogP contribution >= 0.6 is 0 Å². The number of imide groups is 1. The molecule has 3 rings (SSSR count). The minimum absolute atomic E-state index is 0.0519. The lowest BCUT2D eigenvalue weighted by Gasteiger charge is -2.16. The zero-order chi connectivity index (χ0) is 19.8. The van der Waals surface area contributed by atoms with Crippen LogP contribution in [-0.2, 0) is 12.6 Å². The molecule has 6 nitrogen and oxygen atoms in total. The number of anilines is 1. The largest absolute Gasteiger partial charge is 0.465 e. The topological polar surface area (TPSA) is 86.7 Å². The van der Waals surface area contributed by atoms with E-state index in [4.69, 9.17) is 5.11 Å². The first-order valence-corrected chi connectivity index (χ1v) is 7.83. The number of nitrogens with zero attached hydrogens (tertiary/aromatic N) is 1. The number of halogens is 3. The van der Waals surface area contributed by atoms with Crippen LogP contribution in [0.2, 0.25) is 0 Å². The van der Waals surface area contributed by atoms with Crippen molar-refractivity contribution in [3.63, 3.8) is 0 Å². The molecule has 3 amide bonds. The van der Waals surface area contributed by atoms with Crippen LogP contribution in [0.25, 0.3) is 0 Å². The fourth-order valence-electron chi connectivity index (χ4n) is 2.88. The van der Waals surface area contributed by atoms with E-state index in [0.717, 1.165) is 11.0 Å². The summed E-state index contributed by atoms with van der Waals surface area (Å²) in [6.07, 6.45) is -6.22. The van der Waals surface area contributed by atoms with E-state index in [1.54, 1.807) is 12.1 Å². The minimum Gasteiger partial charge on any atom is -0.465 e. The molecule has 1 aliphatic heterocycles. The molecule has 1 aliphatic rings. The van der Waals surface area contributed by atoms with Gasteiger partial charge in [-0.25, -0.2) is 4.79 Å². The van der Waals surface area contributed by atoms with Gasteiger partial charge in [-0.2, -0.15) is 13.2 Å². The van der Waals surface area contributed by atoms with Gasteiger partial charge < -0.3 is 5.11 Å². The van der Waals surface area contributed by atoms with Crippen molar-refractivity contribution in [3.8, 4) is 0 Å². The molecule has 9 heteroatoms. The summed E-state index contributed by atoms with van der Waals surface area (Å²) in [6, 6.07) is 9.03. The monoisotopic (exact) mass is 378 g/mol. The molecule has 0 saturated heterocycles. The van der Waals surface area contributed by atoms with Gasteiger partial charge in [-0.05, 0) is 42.3 Å². The molecule has 0 aliphatic carbocycles. The second-order valence-corrected chi connectivity index (χ2v) is 5.90. The zero-order valence-corrected chi connectivity index (χ0v) is 13.7. The van der Waals surface area contributed by atoms with E-state index in [0.29, 0.717) is 6.07 Å². The highest BCUT2D eigenvalue weighted by molar-refractivity contribution is 6.21. The van der Waals surface area contributed by atoms with Crippen molar-refractivity contribution < 1.29 is 32.7 Å². The first kappa shape index (κ1) is 18.4. The highest BCUT2D eigenvalue weighted by atomic mass is 19.4. The van der Waals surface area contributed by atoms with Crippen LogP contribution in [-0.4, -0.2) is 34.5 Å². The van der Waals surface area contributed by atoms with Crippen molar-refractivity contribution in [1.82, 2.24) is 4.90 Å². The molecule has 0 saturated carbocycles. The van der Waals surface area contributed by atoms with Crippen molar-refractivity contribution >= 4 is 23.6 Å². The summed E-state index contributed by atoms with van der Waals surface area (Å²) in [5, 5.41) is 10.6. The minimum atomic E-state index is -4.67. The molecule has 140 valence electrons. The SMILES string of the molecule is O=C(O)Nc1cc(CCN2C(=O)c3ccccc3C2=O)cc(C(F)(F)F)c1. The lowest BCUT2D eigenvalue weighted by molar-refractivity contribution is -0.137. The summed E-state index contributed by atoms with van der Waals surface area (Å²) in [6.45, 7) is -0.125. The number of hydrogen-bond acceptors (Lipinski definition) is 3. The number of fused-ring (bicyclic) bond motifs is 1. The van der Waals surface area contributed by atoms with E-state index in [2.05, 4.69) is 0 Å². The van der Waals surface area contributed by atoms with Crippen LogP contribution in [0.1, 0.15) is 31.8 Å². The number of carbonyl (C=O) groups is 3. The first-order valence-electron chi connectivity index (χ1n) is 7.83. The number of carboxylic acid groups (broad SMARTS) is 1. The van der Waals surface area contributed by atoms with Gasteiger partial charge in [0.1, 0.15) is 0 Å². The van der Waals surface area contributed by atoms with Crippen LogP contribution in [0, 0.1) is 0 Å². The summed E-state index contributed by atoms with van der Waals surface area (Å²) in [5.41, 5.74) is -0.620. The van der Waals surface area contributed by atoms with E-state index in [9.17, 15) is 27.6 Å². The predicted octanol–water partition coefficient (Wildman–Crippen LogP) is 3.63. The summed E-state index contributed by atoms with van der Waals surface area (Å²) in [4.78, 5) is 36.3. The molecule has 0 radical (unpaired) electrons. The molecular weight excluding hydrogens is 365 g/mol. The van der Waals surface area contributed by atoms with E-state index < -0.39 is 29.6 Å². The predicted molar refractivity (Wildman–Crippen MR) is 88.6 cm³/mol. The number of alkyl halides is 3. The molecule has 2 aromatic rings. The van der Waals surface area contributed by atoms with Crippen molar-refractivity contribution in [2.75, 3.05) is 11.9 Å². The van der Waals surface area contributed by atoms with Crippen LogP contribution in [0.4, 0.5) is 23.7 Å². The third-order valence-corrected chi connectivity index (χ3v) is 4.07. The van der Waals surface area contributed by atoms with E-state index in [1.807, 2.05) is 5.32 Å². The van der Waals surface area contributed by atoms with Gasteiger partial charge in [-0.1, -0.05) is 12.1 Å². The van der Waals surface area contributed by atoms with Gasteiger partial charge in [0, 0.05) is 12.2 Å². The average molecular weight is 378 g/mol. The van der Waals surface area contributed by atoms with Crippen LogP contribution in [0.15, 0.2) is 42.5 Å². The molecule has 2 N–H and O–H groups in total. The van der Waals surface area contributed by atoms with Gasteiger partial charge in [0.25, 0.3) is 11.8 Å². The maximum atomic E-state index is 13.0. The number of rotatable bonds is 4. The number of carbonyl (C=O) groups excluding carboxylic acids is 2. The first-order chi connectivity index (χ1) is 12.7. The number of hydrogen-bond donors (Lipinski definition) is 2. The Morgan fingerprint density at radius 3 is 2.15 bits per heavy atom. The Kier molecular flexibility index (Phi) is 4.61. The van der Waals surface area contributed by atoms with Crippen molar-refractivity contribution in [1.29, 1.82) is 0 Å². The molecule has 0 unspecified atom stereocenters. The molecule has 2 aromatic carbocycles. The second-order valence-electron chi connectivity index (χ2n) is 5.90. The molecule has 27 heavy (non-hydrogen) atoms. The molecule has 0 atom stereocenters. The quantitative estimate of drug-likeness (QED) is 0.796. The Morgan fingerprint density at radius 2 is 1.63 bits per heavy atom. The Morgan fingerprint density at radius 1 is 1.04 bits per heavy atom. The summed E-state index contributed by atoms with van der Waals surface area (Å²) in [5.74, 6) is -1.02. The fraction of sp³-hybridized carbons (Fsp3) is 0.167. The maximum Gasteiger partial charge on any atom is 0.416 e. The lowest BCUT2D eigenvalue weighted by Crippen LogP contribution is -2.31. The van der Waals surface area contributed by atoms with Gasteiger partial charge >= 0.3 is 12.3 Å². The normalized spacial score (nSPS) is 13.7. The van der Waals surface area contributed by atoms with Gasteiger partial charge in [0.05, 0.1) is 16.7 Å². The number of benzene rings is 2. The molecule has 0 bridgehead atoms.